The molecule has 15 heavy (non-hydrogen) atoms. The predicted molar refractivity (Wildman–Crippen MR) is 53.4 cm³/mol. The van der Waals surface area contributed by atoms with E-state index in [0.717, 1.165) is 0 Å². The van der Waals surface area contributed by atoms with E-state index >= 15 is 0 Å². The van der Waals surface area contributed by atoms with Crippen LogP contribution in [-0.2, 0) is 11.2 Å². The number of fused-ring (bicyclic) bond motifs is 1. The fourth-order valence-electron chi connectivity index (χ4n) is 1.67. The fourth-order valence-corrected chi connectivity index (χ4v) is 1.81. The second kappa shape index (κ2) is 3.31. The van der Waals surface area contributed by atoms with E-state index in [-0.39, 0.29) is 22.4 Å². The highest BCUT2D eigenvalue weighted by molar-refractivity contribution is 6.34. The molecule has 0 aromatic heterocycles. The van der Waals surface area contributed by atoms with E-state index in [9.17, 15) is 15.0 Å². The van der Waals surface area contributed by atoms with Crippen molar-refractivity contribution in [3.63, 3.8) is 0 Å². The van der Waals surface area contributed by atoms with Crippen LogP contribution in [0.3, 0.4) is 0 Å². The molecule has 1 aromatic carbocycles. The first kappa shape index (κ1) is 10.1. The van der Waals surface area contributed by atoms with Gasteiger partial charge in [-0.25, -0.2) is 4.79 Å². The van der Waals surface area contributed by atoms with Crippen LogP contribution in [0.2, 0.25) is 5.02 Å². The second-order valence-corrected chi connectivity index (χ2v) is 3.89. The number of cyclic esters (lactones) is 1. The predicted octanol–water partition coefficient (Wildman–Crippen LogP) is 1.85. The van der Waals surface area contributed by atoms with Gasteiger partial charge >= 0.3 is 5.97 Å². The molecule has 1 aliphatic rings. The van der Waals surface area contributed by atoms with Gasteiger partial charge in [-0.1, -0.05) is 11.6 Å². The van der Waals surface area contributed by atoms with Gasteiger partial charge in [0.05, 0.1) is 0 Å². The van der Waals surface area contributed by atoms with Gasteiger partial charge in [-0.3, -0.25) is 0 Å². The van der Waals surface area contributed by atoms with Crippen LogP contribution in [0.5, 0.6) is 11.5 Å². The highest BCUT2D eigenvalue weighted by Crippen LogP contribution is 2.40. The Hall–Kier alpha value is -1.42. The van der Waals surface area contributed by atoms with E-state index in [1.165, 1.54) is 6.07 Å². The summed E-state index contributed by atoms with van der Waals surface area (Å²) in [5, 5.41) is 18.8. The van der Waals surface area contributed by atoms with Crippen LogP contribution in [0, 0.1) is 0 Å². The van der Waals surface area contributed by atoms with E-state index < -0.39 is 11.7 Å². The maximum Gasteiger partial charge on any atom is 0.342 e. The van der Waals surface area contributed by atoms with Gasteiger partial charge in [0, 0.05) is 6.42 Å². The Morgan fingerprint density at radius 3 is 2.87 bits per heavy atom. The average molecular weight is 229 g/mol. The Morgan fingerprint density at radius 1 is 1.53 bits per heavy atom. The largest absolute Gasteiger partial charge is 0.506 e. The summed E-state index contributed by atoms with van der Waals surface area (Å²) in [5.41, 5.74) is 0.606. The molecule has 2 rings (SSSR count). The average Bonchev–Trinajstić information content (AvgIpc) is 2.13. The van der Waals surface area contributed by atoms with Gasteiger partial charge in [-0.05, 0) is 18.6 Å². The summed E-state index contributed by atoms with van der Waals surface area (Å²) in [6.07, 6.45) is 0.198. The normalized spacial score (nSPS) is 19.6. The molecule has 2 N–H and O–H groups in total. The molecule has 80 valence electrons. The van der Waals surface area contributed by atoms with E-state index in [1.807, 2.05) is 0 Å². The molecule has 0 spiro atoms. The second-order valence-electron chi connectivity index (χ2n) is 3.51. The molecule has 1 aromatic rings. The molecule has 0 aliphatic carbocycles. The third kappa shape index (κ3) is 1.51. The third-order valence-corrected chi connectivity index (χ3v) is 2.69. The molecule has 0 bridgehead atoms. The fraction of sp³-hybridized carbons (Fsp3) is 0.300. The Kier molecular flexibility index (Phi) is 2.23. The van der Waals surface area contributed by atoms with Crippen molar-refractivity contribution < 1.29 is 19.7 Å². The number of halogens is 1. The number of hydrogen-bond acceptors (Lipinski definition) is 4. The van der Waals surface area contributed by atoms with Gasteiger partial charge < -0.3 is 14.9 Å². The van der Waals surface area contributed by atoms with Crippen molar-refractivity contribution >= 4 is 17.6 Å². The SMILES string of the molecule is C[C@@H]1Cc2cc(O)c(Cl)c(O)c2C(=O)O1. The molecule has 0 radical (unpaired) electrons. The van der Waals surface area contributed by atoms with Crippen LogP contribution in [0.4, 0.5) is 0 Å². The summed E-state index contributed by atoms with van der Waals surface area (Å²) in [6, 6.07) is 1.38. The number of carbonyl (C=O) groups excluding carboxylic acids is 1. The van der Waals surface area contributed by atoms with Gasteiger partial charge in [-0.15, -0.1) is 0 Å². The van der Waals surface area contributed by atoms with Crippen molar-refractivity contribution in [1.82, 2.24) is 0 Å². The first-order valence-corrected chi connectivity index (χ1v) is 4.82. The van der Waals surface area contributed by atoms with Crippen molar-refractivity contribution in [2.75, 3.05) is 0 Å². The molecule has 0 amide bonds. The van der Waals surface area contributed by atoms with E-state index in [0.29, 0.717) is 12.0 Å². The Balaban J connectivity index is 2.66. The van der Waals surface area contributed by atoms with Crippen LogP contribution in [0.25, 0.3) is 0 Å². The minimum absolute atomic E-state index is 0.0518. The number of carbonyl (C=O) groups is 1. The van der Waals surface area contributed by atoms with Crippen LogP contribution in [0.1, 0.15) is 22.8 Å². The molecule has 1 heterocycles. The summed E-state index contributed by atoms with van der Waals surface area (Å²) in [5.74, 6) is -1.25. The molecule has 0 fully saturated rings. The summed E-state index contributed by atoms with van der Waals surface area (Å²) >= 11 is 5.61. The van der Waals surface area contributed by atoms with Crippen molar-refractivity contribution in [3.8, 4) is 11.5 Å². The minimum atomic E-state index is -0.608. The summed E-state index contributed by atoms with van der Waals surface area (Å²) < 4.78 is 4.95. The molecular weight excluding hydrogens is 220 g/mol. The minimum Gasteiger partial charge on any atom is -0.506 e. The van der Waals surface area contributed by atoms with Gasteiger partial charge in [0.2, 0.25) is 0 Å². The lowest BCUT2D eigenvalue weighted by Crippen LogP contribution is -2.25. The number of phenols is 2. The van der Waals surface area contributed by atoms with Crippen molar-refractivity contribution in [1.29, 1.82) is 0 Å². The highest BCUT2D eigenvalue weighted by atomic mass is 35.5. The number of hydrogen-bond donors (Lipinski definition) is 2. The number of rotatable bonds is 0. The monoisotopic (exact) mass is 228 g/mol. The Morgan fingerprint density at radius 2 is 2.20 bits per heavy atom. The maximum absolute atomic E-state index is 11.5. The molecular formula is C10H9ClO4. The zero-order chi connectivity index (χ0) is 11.2. The third-order valence-electron chi connectivity index (χ3n) is 2.32. The molecule has 0 saturated carbocycles. The van der Waals surface area contributed by atoms with Crippen LogP contribution >= 0.6 is 11.6 Å². The lowest BCUT2D eigenvalue weighted by molar-refractivity contribution is 0.0297. The Labute approximate surface area is 91.1 Å². The van der Waals surface area contributed by atoms with E-state index in [1.54, 1.807) is 6.92 Å². The maximum atomic E-state index is 11.5. The van der Waals surface area contributed by atoms with Crippen molar-refractivity contribution in [3.05, 3.63) is 22.2 Å². The molecule has 1 aliphatic heterocycles. The first-order chi connectivity index (χ1) is 7.00. The van der Waals surface area contributed by atoms with Crippen molar-refractivity contribution in [2.24, 2.45) is 0 Å². The van der Waals surface area contributed by atoms with Crippen LogP contribution < -0.4 is 0 Å². The van der Waals surface area contributed by atoms with Crippen LogP contribution in [0.15, 0.2) is 6.07 Å². The molecule has 1 atom stereocenters. The van der Waals surface area contributed by atoms with Crippen LogP contribution in [-0.4, -0.2) is 22.3 Å². The standard InChI is InChI=1S/C10H9ClO4/c1-4-2-5-3-6(12)8(11)9(13)7(5)10(14)15-4/h3-4,12-13H,2H2,1H3/t4-/m1/s1. The topological polar surface area (TPSA) is 66.8 Å². The van der Waals surface area contributed by atoms with E-state index in [2.05, 4.69) is 0 Å². The summed E-state index contributed by atoms with van der Waals surface area (Å²) in [7, 11) is 0. The summed E-state index contributed by atoms with van der Waals surface area (Å²) in [6.45, 7) is 1.74. The number of phenolic OH excluding ortho intramolecular Hbond substituents is 2. The molecule has 4 nitrogen and oxygen atoms in total. The van der Waals surface area contributed by atoms with Gasteiger partial charge in [0.1, 0.15) is 22.4 Å². The first-order valence-electron chi connectivity index (χ1n) is 4.45. The molecule has 0 saturated heterocycles. The molecule has 0 unspecified atom stereocenters. The quantitative estimate of drug-likeness (QED) is 0.665. The smallest absolute Gasteiger partial charge is 0.342 e. The zero-order valence-electron chi connectivity index (χ0n) is 7.95. The van der Waals surface area contributed by atoms with Gasteiger partial charge in [0.15, 0.2) is 5.75 Å². The number of ether oxygens (including phenoxy) is 1. The Bertz CT molecular complexity index is 442. The number of esters is 1. The van der Waals surface area contributed by atoms with E-state index in [4.69, 9.17) is 16.3 Å². The lowest BCUT2D eigenvalue weighted by atomic mass is 9.98. The molecule has 5 heteroatoms. The number of aromatic hydroxyl groups is 2. The number of benzene rings is 1. The van der Waals surface area contributed by atoms with Gasteiger partial charge in [0.25, 0.3) is 0 Å². The highest BCUT2D eigenvalue weighted by Gasteiger charge is 2.29. The lowest BCUT2D eigenvalue weighted by Gasteiger charge is -2.22. The van der Waals surface area contributed by atoms with Crippen molar-refractivity contribution in [2.45, 2.75) is 19.4 Å². The zero-order valence-corrected chi connectivity index (χ0v) is 8.71. The van der Waals surface area contributed by atoms with Gasteiger partial charge in [-0.2, -0.15) is 0 Å². The summed E-state index contributed by atoms with van der Waals surface area (Å²) in [4.78, 5) is 11.5.